The van der Waals surface area contributed by atoms with Crippen LogP contribution in [0, 0.1) is 0 Å². The molecule has 1 saturated heterocycles. The molecule has 8 heteroatoms. The molecule has 0 bridgehead atoms. The summed E-state index contributed by atoms with van der Waals surface area (Å²) in [6.45, 7) is -0.141. The van der Waals surface area contributed by atoms with Crippen molar-refractivity contribution in [3.63, 3.8) is 0 Å². The summed E-state index contributed by atoms with van der Waals surface area (Å²) in [6.07, 6.45) is -0.229. The smallest absolute Gasteiger partial charge is 0.414 e. The predicted octanol–water partition coefficient (Wildman–Crippen LogP) is 1.27. The monoisotopic (exact) mass is 291 g/mol. The Morgan fingerprint density at radius 1 is 1.25 bits per heavy atom. The third kappa shape index (κ3) is 4.16. The molecule has 0 aromatic carbocycles. The third-order valence-corrected chi connectivity index (χ3v) is 3.10. The summed E-state index contributed by atoms with van der Waals surface area (Å²) in [5, 5.41) is 17.7. The zero-order chi connectivity index (χ0) is 15.1. The van der Waals surface area contributed by atoms with Crippen molar-refractivity contribution in [3.05, 3.63) is 0 Å². The Morgan fingerprint density at radius 3 is 2.40 bits per heavy atom. The predicted molar refractivity (Wildman–Crippen MR) is 65.1 cm³/mol. The molecule has 7 nitrogen and oxygen atoms in total. The first-order chi connectivity index (χ1) is 9.49. The molecular weight excluding hydrogens is 273 g/mol. The van der Waals surface area contributed by atoms with E-state index in [1.165, 1.54) is 0 Å². The van der Waals surface area contributed by atoms with Crippen LogP contribution >= 0.6 is 0 Å². The van der Waals surface area contributed by atoms with Crippen LogP contribution in [0.5, 0.6) is 0 Å². The molecular formula is C12H18FNO6. The first-order valence-corrected chi connectivity index (χ1v) is 6.45. The van der Waals surface area contributed by atoms with Crippen molar-refractivity contribution in [1.29, 1.82) is 0 Å². The van der Waals surface area contributed by atoms with Gasteiger partial charge in [0.05, 0.1) is 6.67 Å². The molecule has 1 aliphatic rings. The molecule has 0 aromatic rings. The van der Waals surface area contributed by atoms with E-state index in [4.69, 9.17) is 14.9 Å². The van der Waals surface area contributed by atoms with Crippen molar-refractivity contribution in [3.8, 4) is 0 Å². The number of aliphatic carboxylic acids is 1. The van der Waals surface area contributed by atoms with Crippen LogP contribution < -0.4 is 0 Å². The maximum atomic E-state index is 11.8. The molecule has 2 unspecified atom stereocenters. The number of hydrogen-bond acceptors (Lipinski definition) is 4. The third-order valence-electron chi connectivity index (χ3n) is 3.10. The van der Waals surface area contributed by atoms with Crippen LogP contribution in [0.4, 0.5) is 9.18 Å². The van der Waals surface area contributed by atoms with Crippen molar-refractivity contribution in [1.82, 2.24) is 4.90 Å². The van der Waals surface area contributed by atoms with Crippen LogP contribution in [0.1, 0.15) is 32.1 Å². The number of alkyl halides is 1. The summed E-state index contributed by atoms with van der Waals surface area (Å²) in [7, 11) is 0. The van der Waals surface area contributed by atoms with Gasteiger partial charge in [-0.05, 0) is 12.8 Å². The van der Waals surface area contributed by atoms with Crippen molar-refractivity contribution < 1.29 is 33.7 Å². The van der Waals surface area contributed by atoms with E-state index in [0.29, 0.717) is 17.7 Å². The van der Waals surface area contributed by atoms with Gasteiger partial charge in [-0.1, -0.05) is 12.8 Å². The van der Waals surface area contributed by atoms with Gasteiger partial charge in [0.2, 0.25) is 0 Å². The molecule has 1 rings (SSSR count). The molecule has 2 amide bonds. The van der Waals surface area contributed by atoms with E-state index in [1.54, 1.807) is 0 Å². The van der Waals surface area contributed by atoms with E-state index in [0.717, 1.165) is 12.8 Å². The molecule has 2 N–H and O–H groups in total. The second-order valence-corrected chi connectivity index (χ2v) is 4.54. The van der Waals surface area contributed by atoms with Gasteiger partial charge in [-0.2, -0.15) is 0 Å². The Balaban J connectivity index is 2.42. The van der Waals surface area contributed by atoms with Gasteiger partial charge in [-0.3, -0.25) is 9.18 Å². The summed E-state index contributed by atoms with van der Waals surface area (Å²) >= 11 is 0. The number of rotatable bonds is 8. The molecule has 0 saturated carbocycles. The molecule has 0 spiro atoms. The van der Waals surface area contributed by atoms with Crippen LogP contribution in [0.25, 0.3) is 0 Å². The minimum Gasteiger partial charge on any atom is -0.480 e. The number of amides is 2. The molecule has 0 radical (unpaired) electrons. The zero-order valence-electron chi connectivity index (χ0n) is 11.0. The Bertz CT molecular complexity index is 375. The van der Waals surface area contributed by atoms with E-state index < -0.39 is 30.1 Å². The van der Waals surface area contributed by atoms with Gasteiger partial charge >= 0.3 is 12.1 Å². The number of imide groups is 1. The lowest BCUT2D eigenvalue weighted by molar-refractivity contribution is -0.145. The number of carbonyl (C=O) groups is 3. The quantitative estimate of drug-likeness (QED) is 0.652. The van der Waals surface area contributed by atoms with Gasteiger partial charge in [0.1, 0.15) is 12.1 Å². The van der Waals surface area contributed by atoms with Crippen LogP contribution in [0.2, 0.25) is 0 Å². The number of unbranched alkanes of at least 4 members (excludes halogenated alkanes) is 3. The van der Waals surface area contributed by atoms with Gasteiger partial charge in [-0.25, -0.2) is 14.5 Å². The number of likely N-dealkylation sites (tertiary alicyclic amines) is 1. The van der Waals surface area contributed by atoms with Crippen LogP contribution in [0.15, 0.2) is 0 Å². The molecule has 1 heterocycles. The van der Waals surface area contributed by atoms with Gasteiger partial charge < -0.3 is 14.9 Å². The minimum absolute atomic E-state index is 0.176. The Morgan fingerprint density at radius 2 is 1.90 bits per heavy atom. The Labute approximate surface area is 115 Å². The fraction of sp³-hybridized carbons (Fsp3) is 0.750. The first-order valence-electron chi connectivity index (χ1n) is 6.45. The van der Waals surface area contributed by atoms with Crippen molar-refractivity contribution in [2.45, 2.75) is 44.2 Å². The lowest BCUT2D eigenvalue weighted by Gasteiger charge is -2.14. The standard InChI is InChI=1S/C12H18FNO6/c13-5-3-1-2-4-6-20-9-7-8(11(16)17)14(10(9)15)12(18)19/h8-9H,1-7H2,(H,16,17)(H,18,19). The first kappa shape index (κ1) is 16.4. The molecule has 1 aliphatic heterocycles. The zero-order valence-corrected chi connectivity index (χ0v) is 11.0. The number of carboxylic acid groups (broad SMARTS) is 2. The summed E-state index contributed by atoms with van der Waals surface area (Å²) in [5.74, 6) is -2.21. The van der Waals surface area contributed by atoms with E-state index in [9.17, 15) is 18.8 Å². The average molecular weight is 291 g/mol. The van der Waals surface area contributed by atoms with Gasteiger partial charge in [-0.15, -0.1) is 0 Å². The van der Waals surface area contributed by atoms with Gasteiger partial charge in [0.15, 0.2) is 0 Å². The number of nitrogens with zero attached hydrogens (tertiary/aromatic N) is 1. The Hall–Kier alpha value is -1.70. The lowest BCUT2D eigenvalue weighted by atomic mass is 10.2. The molecule has 2 atom stereocenters. The van der Waals surface area contributed by atoms with Gasteiger partial charge in [0, 0.05) is 13.0 Å². The average Bonchev–Trinajstić information content (AvgIpc) is 2.71. The highest BCUT2D eigenvalue weighted by Crippen LogP contribution is 2.22. The van der Waals surface area contributed by atoms with Crippen LogP contribution in [-0.4, -0.2) is 58.5 Å². The summed E-state index contributed by atoms with van der Waals surface area (Å²) in [5.41, 5.74) is 0. The summed E-state index contributed by atoms with van der Waals surface area (Å²) in [6, 6.07) is -1.39. The second kappa shape index (κ2) is 7.78. The number of hydrogen-bond donors (Lipinski definition) is 2. The number of carbonyl (C=O) groups excluding carboxylic acids is 1. The second-order valence-electron chi connectivity index (χ2n) is 4.54. The molecule has 114 valence electrons. The molecule has 20 heavy (non-hydrogen) atoms. The summed E-state index contributed by atoms with van der Waals surface area (Å²) < 4.78 is 17.1. The van der Waals surface area contributed by atoms with Crippen LogP contribution in [-0.2, 0) is 14.3 Å². The number of halogens is 1. The maximum absolute atomic E-state index is 11.8. The normalized spacial score (nSPS) is 22.2. The summed E-state index contributed by atoms with van der Waals surface area (Å²) in [4.78, 5) is 33.8. The highest BCUT2D eigenvalue weighted by Gasteiger charge is 2.47. The molecule has 1 fully saturated rings. The van der Waals surface area contributed by atoms with E-state index in [-0.39, 0.29) is 19.7 Å². The highest BCUT2D eigenvalue weighted by atomic mass is 19.1. The van der Waals surface area contributed by atoms with Gasteiger partial charge in [0.25, 0.3) is 5.91 Å². The maximum Gasteiger partial charge on any atom is 0.414 e. The number of carboxylic acids is 1. The SMILES string of the molecule is O=C(O)C1CC(OCCCCCCF)C(=O)N1C(=O)O. The van der Waals surface area contributed by atoms with E-state index in [1.807, 2.05) is 0 Å². The van der Waals surface area contributed by atoms with Crippen LogP contribution in [0.3, 0.4) is 0 Å². The Kier molecular flexibility index (Phi) is 6.37. The number of ether oxygens (including phenoxy) is 1. The largest absolute Gasteiger partial charge is 0.480 e. The minimum atomic E-state index is -1.59. The fourth-order valence-electron chi connectivity index (χ4n) is 2.07. The molecule has 0 aromatic heterocycles. The topological polar surface area (TPSA) is 104 Å². The molecule has 0 aliphatic carbocycles. The van der Waals surface area contributed by atoms with Crippen molar-refractivity contribution in [2.24, 2.45) is 0 Å². The fourth-order valence-corrected chi connectivity index (χ4v) is 2.07. The van der Waals surface area contributed by atoms with E-state index >= 15 is 0 Å². The van der Waals surface area contributed by atoms with E-state index in [2.05, 4.69) is 0 Å². The van der Waals surface area contributed by atoms with Crippen molar-refractivity contribution >= 4 is 18.0 Å². The van der Waals surface area contributed by atoms with Crippen molar-refractivity contribution in [2.75, 3.05) is 13.3 Å². The highest BCUT2D eigenvalue weighted by molar-refractivity contribution is 6.00. The lowest BCUT2D eigenvalue weighted by Crippen LogP contribution is -2.42.